The molecule has 2 aliphatic rings. The van der Waals surface area contributed by atoms with Crippen LogP contribution in [0.5, 0.6) is 0 Å². The lowest BCUT2D eigenvalue weighted by Gasteiger charge is -2.31. The van der Waals surface area contributed by atoms with E-state index in [0.717, 1.165) is 13.2 Å². The topological polar surface area (TPSA) is 24.5 Å². The Hall–Kier alpha value is -0.960. The van der Waals surface area contributed by atoms with Crippen molar-refractivity contribution in [2.45, 2.75) is 0 Å². The van der Waals surface area contributed by atoms with E-state index < -0.39 is 0 Å². The lowest BCUT2D eigenvalue weighted by atomic mass is 10.1. The summed E-state index contributed by atoms with van der Waals surface area (Å²) in [5.41, 5.74) is 2.66. The minimum absolute atomic E-state index is 0.717. The zero-order valence-corrected chi connectivity index (χ0v) is 6.63. The number of rotatable bonds is 0. The first-order valence-corrected chi connectivity index (χ1v) is 3.79. The molecule has 3 nitrogen and oxygen atoms in total. The maximum absolute atomic E-state index is 5.34. The van der Waals surface area contributed by atoms with Crippen molar-refractivity contribution in [2.24, 2.45) is 0 Å². The van der Waals surface area contributed by atoms with Gasteiger partial charge in [0, 0.05) is 18.3 Å². The molecule has 3 heteroatoms. The highest BCUT2D eigenvalue weighted by Gasteiger charge is 2.16. The molecular formula is C8H12N2O. The third-order valence-electron chi connectivity index (χ3n) is 2.05. The number of hydrogen-bond donors (Lipinski definition) is 1. The molecule has 0 atom stereocenters. The Labute approximate surface area is 66.3 Å². The average molecular weight is 152 g/mol. The number of hydrogen-bond acceptors (Lipinski definition) is 3. The maximum atomic E-state index is 5.34. The molecule has 0 radical (unpaired) electrons. The molecule has 0 aliphatic carbocycles. The number of likely N-dealkylation sites (N-methyl/N-ethyl adjacent to an activating group) is 1. The molecular weight excluding hydrogens is 140 g/mol. The van der Waals surface area contributed by atoms with Gasteiger partial charge in [-0.25, -0.2) is 0 Å². The third kappa shape index (κ3) is 1.12. The van der Waals surface area contributed by atoms with Crippen molar-refractivity contribution >= 4 is 0 Å². The van der Waals surface area contributed by atoms with E-state index in [4.69, 9.17) is 4.74 Å². The fourth-order valence-electron chi connectivity index (χ4n) is 1.41. The van der Waals surface area contributed by atoms with Crippen LogP contribution in [0, 0.1) is 0 Å². The van der Waals surface area contributed by atoms with Crippen LogP contribution in [0.15, 0.2) is 23.5 Å². The minimum atomic E-state index is 0.717. The van der Waals surface area contributed by atoms with Gasteiger partial charge in [-0.05, 0) is 12.3 Å². The monoisotopic (exact) mass is 152 g/mol. The molecule has 0 saturated heterocycles. The summed E-state index contributed by atoms with van der Waals surface area (Å²) in [4.78, 5) is 2.13. The van der Waals surface area contributed by atoms with Gasteiger partial charge >= 0.3 is 0 Å². The van der Waals surface area contributed by atoms with Crippen LogP contribution in [0.3, 0.4) is 0 Å². The Morgan fingerprint density at radius 1 is 1.64 bits per heavy atom. The largest absolute Gasteiger partial charge is 0.385 e. The molecule has 0 bridgehead atoms. The van der Waals surface area contributed by atoms with Crippen molar-refractivity contribution in [3.63, 3.8) is 0 Å². The molecule has 0 amide bonds. The summed E-state index contributed by atoms with van der Waals surface area (Å²) in [5, 5.41) is 3.18. The Kier molecular flexibility index (Phi) is 1.58. The van der Waals surface area contributed by atoms with Crippen molar-refractivity contribution in [2.75, 3.05) is 26.9 Å². The SMILES string of the molecule is CN1COCC2=C1CNC=C2. The van der Waals surface area contributed by atoms with Gasteiger partial charge < -0.3 is 15.0 Å². The van der Waals surface area contributed by atoms with Gasteiger partial charge in [-0.2, -0.15) is 0 Å². The molecule has 1 N–H and O–H groups in total. The summed E-state index contributed by atoms with van der Waals surface area (Å²) in [6.45, 7) is 2.41. The Bertz CT molecular complexity index is 220. The van der Waals surface area contributed by atoms with Gasteiger partial charge in [-0.1, -0.05) is 0 Å². The zero-order chi connectivity index (χ0) is 7.68. The summed E-state index contributed by atoms with van der Waals surface area (Å²) < 4.78 is 5.34. The van der Waals surface area contributed by atoms with Crippen molar-refractivity contribution < 1.29 is 4.74 Å². The van der Waals surface area contributed by atoms with E-state index in [-0.39, 0.29) is 0 Å². The molecule has 0 aromatic carbocycles. The molecule has 2 heterocycles. The van der Waals surface area contributed by atoms with Gasteiger partial charge in [0.1, 0.15) is 6.73 Å². The van der Waals surface area contributed by atoms with Crippen molar-refractivity contribution in [1.29, 1.82) is 0 Å². The van der Waals surface area contributed by atoms with Crippen LogP contribution in [0.2, 0.25) is 0 Å². The van der Waals surface area contributed by atoms with E-state index >= 15 is 0 Å². The smallest absolute Gasteiger partial charge is 0.118 e. The van der Waals surface area contributed by atoms with Crippen molar-refractivity contribution in [3.8, 4) is 0 Å². The predicted octanol–water partition coefficient (Wildman–Crippen LogP) is 0.277. The van der Waals surface area contributed by atoms with E-state index in [1.165, 1.54) is 11.3 Å². The van der Waals surface area contributed by atoms with Crippen LogP contribution in [0.25, 0.3) is 0 Å². The molecule has 0 aromatic rings. The molecule has 11 heavy (non-hydrogen) atoms. The quantitative estimate of drug-likeness (QED) is 0.539. The first kappa shape index (κ1) is 6.73. The van der Waals surface area contributed by atoms with E-state index in [1.54, 1.807) is 0 Å². The van der Waals surface area contributed by atoms with Crippen LogP contribution in [-0.2, 0) is 4.74 Å². The third-order valence-corrected chi connectivity index (χ3v) is 2.05. The normalized spacial score (nSPS) is 23.2. The fourth-order valence-corrected chi connectivity index (χ4v) is 1.41. The average Bonchev–Trinajstić information content (AvgIpc) is 2.06. The van der Waals surface area contributed by atoms with Gasteiger partial charge in [-0.3, -0.25) is 0 Å². The second kappa shape index (κ2) is 2.58. The van der Waals surface area contributed by atoms with E-state index in [0.29, 0.717) is 6.73 Å². The molecule has 0 aromatic heterocycles. The van der Waals surface area contributed by atoms with Gasteiger partial charge in [0.25, 0.3) is 0 Å². The number of dihydropyridines is 1. The van der Waals surface area contributed by atoms with E-state index in [9.17, 15) is 0 Å². The van der Waals surface area contributed by atoms with Crippen molar-refractivity contribution in [3.05, 3.63) is 23.5 Å². The fraction of sp³-hybridized carbons (Fsp3) is 0.500. The highest BCUT2D eigenvalue weighted by Crippen LogP contribution is 2.17. The molecule has 0 saturated carbocycles. The van der Waals surface area contributed by atoms with Crippen LogP contribution in [0.4, 0.5) is 0 Å². The summed E-state index contributed by atoms with van der Waals surface area (Å²) in [7, 11) is 2.05. The molecule has 2 aliphatic heterocycles. The van der Waals surface area contributed by atoms with Crippen LogP contribution >= 0.6 is 0 Å². The van der Waals surface area contributed by atoms with Gasteiger partial charge in [0.15, 0.2) is 0 Å². The van der Waals surface area contributed by atoms with Crippen LogP contribution < -0.4 is 5.32 Å². The Morgan fingerprint density at radius 2 is 2.55 bits per heavy atom. The predicted molar refractivity (Wildman–Crippen MR) is 42.8 cm³/mol. The standard InChI is InChI=1S/C8H12N2O/c1-10-6-11-5-7-2-3-9-4-8(7)10/h2-3,9H,4-6H2,1H3. The first-order valence-electron chi connectivity index (χ1n) is 3.79. The maximum Gasteiger partial charge on any atom is 0.118 e. The summed E-state index contributed by atoms with van der Waals surface area (Å²) >= 11 is 0. The van der Waals surface area contributed by atoms with Crippen molar-refractivity contribution in [1.82, 2.24) is 10.2 Å². The zero-order valence-electron chi connectivity index (χ0n) is 6.63. The number of ether oxygens (including phenoxy) is 1. The summed E-state index contributed by atoms with van der Waals surface area (Å²) in [5.74, 6) is 0. The highest BCUT2D eigenvalue weighted by atomic mass is 16.5. The van der Waals surface area contributed by atoms with Crippen LogP contribution in [-0.4, -0.2) is 31.8 Å². The van der Waals surface area contributed by atoms with Crippen LogP contribution in [0.1, 0.15) is 0 Å². The Balaban J connectivity index is 2.28. The number of nitrogens with zero attached hydrogens (tertiary/aromatic N) is 1. The second-order valence-corrected chi connectivity index (χ2v) is 2.86. The van der Waals surface area contributed by atoms with Gasteiger partial charge in [-0.15, -0.1) is 0 Å². The minimum Gasteiger partial charge on any atom is -0.385 e. The molecule has 0 unspecified atom stereocenters. The van der Waals surface area contributed by atoms with E-state index in [1.807, 2.05) is 6.20 Å². The second-order valence-electron chi connectivity index (χ2n) is 2.86. The highest BCUT2D eigenvalue weighted by molar-refractivity contribution is 5.30. The number of nitrogens with one attached hydrogen (secondary N) is 1. The summed E-state index contributed by atoms with van der Waals surface area (Å²) in [6.07, 6.45) is 4.05. The van der Waals surface area contributed by atoms with Gasteiger partial charge in [0.05, 0.1) is 13.2 Å². The molecule has 2 rings (SSSR count). The lowest BCUT2D eigenvalue weighted by molar-refractivity contribution is 0.0544. The lowest BCUT2D eigenvalue weighted by Crippen LogP contribution is -2.34. The molecule has 0 spiro atoms. The van der Waals surface area contributed by atoms with E-state index in [2.05, 4.69) is 23.3 Å². The van der Waals surface area contributed by atoms with Gasteiger partial charge in [0.2, 0.25) is 0 Å². The first-order chi connectivity index (χ1) is 5.38. The molecule has 0 fully saturated rings. The summed E-state index contributed by atoms with van der Waals surface area (Å²) in [6, 6.07) is 0. The Morgan fingerprint density at radius 3 is 3.36 bits per heavy atom. The molecule has 60 valence electrons.